The minimum Gasteiger partial charge on any atom is -0.851 e. The summed E-state index contributed by atoms with van der Waals surface area (Å²) >= 11 is 0. The molecule has 0 radical (unpaired) electrons. The van der Waals surface area contributed by atoms with Crippen LogP contribution in [0.2, 0.25) is 36.3 Å². The second kappa shape index (κ2) is 17.8. The first-order valence-corrected chi connectivity index (χ1v) is 29.9. The van der Waals surface area contributed by atoms with E-state index in [4.69, 9.17) is 13.8 Å². The molecule has 3 aromatic carbocycles. The van der Waals surface area contributed by atoms with Crippen LogP contribution in [0.25, 0.3) is 10.8 Å². The molecule has 2 heterocycles. The number of allylic oxidation sites excluding steroid dienone is 2. The lowest BCUT2D eigenvalue weighted by atomic mass is 9.58. The third-order valence-corrected chi connectivity index (χ3v) is 24.8. The highest BCUT2D eigenvalue weighted by Gasteiger charge is 2.47. The molecule has 10 heteroatoms. The highest BCUT2D eigenvalue weighted by Crippen LogP contribution is 2.53. The largest absolute Gasteiger partial charge is 0.851 e. The van der Waals surface area contributed by atoms with Crippen molar-refractivity contribution in [1.29, 1.82) is 0 Å². The Morgan fingerprint density at radius 2 is 1.24 bits per heavy atom. The van der Waals surface area contributed by atoms with E-state index in [1.807, 2.05) is 0 Å². The monoisotopic (exact) mass is 879 g/mol. The van der Waals surface area contributed by atoms with Crippen molar-refractivity contribution in [3.8, 4) is 0 Å². The molecule has 3 aromatic rings. The van der Waals surface area contributed by atoms with Gasteiger partial charge < -0.3 is 35.0 Å². The summed E-state index contributed by atoms with van der Waals surface area (Å²) in [5, 5.41) is 43.3. The topological polar surface area (TPSA) is 113 Å². The Morgan fingerprint density at radius 1 is 0.661 bits per heavy atom. The molecule has 5 unspecified atom stereocenters. The number of rotatable bonds is 18. The summed E-state index contributed by atoms with van der Waals surface area (Å²) in [7, 11) is -4.07. The molecular weight excluding hydrogens is 801 g/mol. The molecule has 7 rings (SSSR count). The predicted molar refractivity (Wildman–Crippen MR) is 263 cm³/mol. The number of anilines is 3. The first-order chi connectivity index (χ1) is 29.2. The second-order valence-corrected chi connectivity index (χ2v) is 31.9. The van der Waals surface area contributed by atoms with Gasteiger partial charge in [-0.15, -0.1) is 12.2 Å². The third kappa shape index (κ3) is 8.99. The molecule has 0 aromatic heterocycles. The zero-order valence-corrected chi connectivity index (χ0v) is 42.2. The molecule has 340 valence electrons. The molecule has 0 amide bonds. The zero-order valence-electron chi connectivity index (χ0n) is 40.2. The van der Waals surface area contributed by atoms with Gasteiger partial charge in [-0.3, -0.25) is 4.99 Å². The van der Waals surface area contributed by atoms with Crippen molar-refractivity contribution in [2.45, 2.75) is 191 Å². The fourth-order valence-corrected chi connectivity index (χ4v) is 11.8. The fraction of sp³-hybridized carbons (Fsp3) is 0.635. The van der Waals surface area contributed by atoms with Crippen LogP contribution in [-0.2, 0) is 8.85 Å². The van der Waals surface area contributed by atoms with Gasteiger partial charge in [0.25, 0.3) is 0 Å². The second-order valence-electron chi connectivity index (χ2n) is 22.3. The summed E-state index contributed by atoms with van der Waals surface area (Å²) in [6.07, 6.45) is 13.2. The smallest absolute Gasteiger partial charge is 0.192 e. The lowest BCUT2D eigenvalue weighted by Gasteiger charge is -2.64. The summed E-state index contributed by atoms with van der Waals surface area (Å²) in [6, 6.07) is 16.8. The number of benzene rings is 3. The molecular formula is C52H78N4O4Si2-2. The molecule has 5 atom stereocenters. The summed E-state index contributed by atoms with van der Waals surface area (Å²) in [5.74, 6) is -1.47. The third-order valence-electron chi connectivity index (χ3n) is 15.8. The molecule has 8 nitrogen and oxygen atoms in total. The molecule has 0 spiro atoms. The van der Waals surface area contributed by atoms with Gasteiger partial charge in [0.05, 0.1) is 18.9 Å². The van der Waals surface area contributed by atoms with E-state index < -0.39 is 52.0 Å². The molecule has 1 fully saturated rings. The van der Waals surface area contributed by atoms with Crippen LogP contribution in [-0.4, -0.2) is 59.1 Å². The fourth-order valence-electron chi connectivity index (χ4n) is 9.77. The average molecular weight is 879 g/mol. The quantitative estimate of drug-likeness (QED) is 0.0861. The Kier molecular flexibility index (Phi) is 13.5. The van der Waals surface area contributed by atoms with Crippen LogP contribution in [0.4, 0.5) is 17.1 Å². The van der Waals surface area contributed by atoms with Gasteiger partial charge in [-0.25, -0.2) is 0 Å². The van der Waals surface area contributed by atoms with Gasteiger partial charge in [0.2, 0.25) is 0 Å². The van der Waals surface area contributed by atoms with Crippen LogP contribution in [0.15, 0.2) is 65.7 Å². The number of unbranched alkanes of at least 4 members (excludes halogenated alkanes) is 6. The maximum atomic E-state index is 14.6. The Balaban J connectivity index is 1.15. The van der Waals surface area contributed by atoms with Crippen molar-refractivity contribution in [3.63, 3.8) is 0 Å². The van der Waals surface area contributed by atoms with Crippen molar-refractivity contribution in [2.75, 3.05) is 29.2 Å². The van der Waals surface area contributed by atoms with Crippen LogP contribution < -0.4 is 26.2 Å². The summed E-state index contributed by atoms with van der Waals surface area (Å²) in [5.41, 5.74) is 5.94. The minimum absolute atomic E-state index is 0.0882. The molecule has 4 aliphatic rings. The SMILES string of the molecule is CCCCCCC1(CO[Si](C)(C)C(C)(C)C)N=C2C=CC(C3C([O-])C(c4ccc5c6c(cccc46)NC(CCCCCC)(CO[Si](C)(C)C(C)(C)C)N5)C3[O-])c3cccc(c32)N1. The molecule has 3 N–H and O–H groups in total. The van der Waals surface area contributed by atoms with E-state index >= 15 is 0 Å². The van der Waals surface area contributed by atoms with Crippen LogP contribution in [0.1, 0.15) is 148 Å². The van der Waals surface area contributed by atoms with Crippen LogP contribution in [0.3, 0.4) is 0 Å². The van der Waals surface area contributed by atoms with Gasteiger partial charge >= 0.3 is 0 Å². The average Bonchev–Trinajstić information content (AvgIpc) is 3.21. The maximum Gasteiger partial charge on any atom is 0.192 e. The van der Waals surface area contributed by atoms with Crippen molar-refractivity contribution < 1.29 is 19.1 Å². The van der Waals surface area contributed by atoms with Crippen LogP contribution >= 0.6 is 0 Å². The van der Waals surface area contributed by atoms with E-state index in [1.54, 1.807) is 0 Å². The summed E-state index contributed by atoms with van der Waals surface area (Å²) in [6.45, 7) is 28.5. The molecule has 0 bridgehead atoms. The highest BCUT2D eigenvalue weighted by molar-refractivity contribution is 6.74. The van der Waals surface area contributed by atoms with E-state index in [0.717, 1.165) is 82.3 Å². The van der Waals surface area contributed by atoms with Gasteiger partial charge in [-0.1, -0.05) is 136 Å². The Hall–Kier alpha value is -3.00. The number of hydrogen-bond donors (Lipinski definition) is 3. The molecule has 2 aliphatic carbocycles. The maximum absolute atomic E-state index is 14.6. The first-order valence-electron chi connectivity index (χ1n) is 24.1. The summed E-state index contributed by atoms with van der Waals surface area (Å²) < 4.78 is 13.8. The van der Waals surface area contributed by atoms with E-state index in [9.17, 15) is 10.2 Å². The lowest BCUT2D eigenvalue weighted by molar-refractivity contribution is -0.550. The number of nitrogens with one attached hydrogen (secondary N) is 3. The number of aliphatic imine (C=N–C) groups is 1. The van der Waals surface area contributed by atoms with Crippen molar-refractivity contribution >= 4 is 50.2 Å². The standard InChI is InChI=1S/C52H78N4O4Si2/c1-13-15-17-19-31-51(33-59-61(9,10)49(3,4)5)53-39-25-21-23-35-37(27-29-41(55-51)43(35)39)45-47(57)46(48(45)58)38-28-30-42-44-36(38)24-22-26-40(44)54-52(56-42,32-20-18-16-14-2)34-60-62(11,12)50(6,7)8/h21-30,37,45-48,53-54,56H,13-20,31-34H2,1-12H3/q-2. The van der Waals surface area contributed by atoms with E-state index in [1.165, 1.54) is 32.1 Å². The molecule has 62 heavy (non-hydrogen) atoms. The van der Waals surface area contributed by atoms with Gasteiger partial charge in [-0.2, -0.15) is 0 Å². The predicted octanol–water partition coefficient (Wildman–Crippen LogP) is 11.8. The molecule has 0 saturated heterocycles. The Bertz CT molecular complexity index is 2110. The normalized spacial score (nSPS) is 26.9. The highest BCUT2D eigenvalue weighted by atomic mass is 28.4. The van der Waals surface area contributed by atoms with E-state index in [-0.39, 0.29) is 16.0 Å². The van der Waals surface area contributed by atoms with Gasteiger partial charge in [-0.05, 0) is 109 Å². The van der Waals surface area contributed by atoms with Crippen molar-refractivity contribution in [2.24, 2.45) is 10.9 Å². The Labute approximate surface area is 376 Å². The number of nitrogens with zero attached hydrogens (tertiary/aromatic N) is 1. The van der Waals surface area contributed by atoms with E-state index in [0.29, 0.717) is 13.2 Å². The van der Waals surface area contributed by atoms with Crippen LogP contribution in [0.5, 0.6) is 0 Å². The van der Waals surface area contributed by atoms with Crippen LogP contribution in [0, 0.1) is 5.92 Å². The van der Waals surface area contributed by atoms with Gasteiger partial charge in [0, 0.05) is 33.9 Å². The Morgan fingerprint density at radius 3 is 1.87 bits per heavy atom. The molecule has 2 aliphatic heterocycles. The van der Waals surface area contributed by atoms with E-state index in [2.05, 4.69) is 158 Å². The summed E-state index contributed by atoms with van der Waals surface area (Å²) in [4.78, 5) is 5.48. The van der Waals surface area contributed by atoms with Gasteiger partial charge in [0.1, 0.15) is 5.66 Å². The minimum atomic E-state index is -2.04. The first kappa shape index (κ1) is 47.0. The van der Waals surface area contributed by atoms with Crippen molar-refractivity contribution in [3.05, 3.63) is 77.4 Å². The lowest BCUT2D eigenvalue weighted by Crippen LogP contribution is -2.67. The van der Waals surface area contributed by atoms with Gasteiger partial charge in [0.15, 0.2) is 22.3 Å². The number of hydrogen-bond acceptors (Lipinski definition) is 8. The van der Waals surface area contributed by atoms with Crippen molar-refractivity contribution in [1.82, 2.24) is 0 Å². The zero-order chi connectivity index (χ0) is 44.9. The molecule has 1 saturated carbocycles.